The SMILES string of the molecule is CC(=O)N1CCN(CC2(O)CCCC2)C[C@](O)(COc2ccc(F)c(C)c2)C1. The number of ether oxygens (including phenoxy) is 1. The molecule has 0 aromatic heterocycles. The van der Waals surface area contributed by atoms with Gasteiger partial charge in [0, 0.05) is 33.1 Å². The van der Waals surface area contributed by atoms with Gasteiger partial charge in [-0.1, -0.05) is 12.8 Å². The first-order valence-corrected chi connectivity index (χ1v) is 10.00. The van der Waals surface area contributed by atoms with Gasteiger partial charge in [0.2, 0.25) is 5.91 Å². The number of nitrogens with zero attached hydrogens (tertiary/aromatic N) is 2. The second-order valence-electron chi connectivity index (χ2n) is 8.51. The molecule has 2 N–H and O–H groups in total. The quantitative estimate of drug-likeness (QED) is 0.796. The summed E-state index contributed by atoms with van der Waals surface area (Å²) in [5, 5.41) is 22.0. The Kier molecular flexibility index (Phi) is 6.27. The lowest BCUT2D eigenvalue weighted by atomic mass is 9.99. The normalized spacial score (nSPS) is 25.5. The minimum absolute atomic E-state index is 0.0171. The van der Waals surface area contributed by atoms with Gasteiger partial charge < -0.3 is 19.8 Å². The first-order valence-electron chi connectivity index (χ1n) is 10.00. The maximum atomic E-state index is 13.5. The molecule has 7 heteroatoms. The smallest absolute Gasteiger partial charge is 0.219 e. The second kappa shape index (κ2) is 8.35. The molecule has 156 valence electrons. The van der Waals surface area contributed by atoms with Gasteiger partial charge in [0.15, 0.2) is 0 Å². The predicted octanol–water partition coefficient (Wildman–Crippen LogP) is 1.71. The molecule has 2 aliphatic rings. The van der Waals surface area contributed by atoms with E-state index in [0.29, 0.717) is 37.5 Å². The zero-order valence-corrected chi connectivity index (χ0v) is 16.8. The molecule has 3 rings (SSSR count). The number of β-amino-alcohol motifs (C(OH)–C–C–N with tert-alkyl or cyclic N) is 2. The van der Waals surface area contributed by atoms with Crippen LogP contribution in [0.1, 0.15) is 38.2 Å². The van der Waals surface area contributed by atoms with E-state index in [2.05, 4.69) is 0 Å². The fraction of sp³-hybridized carbons (Fsp3) is 0.667. The largest absolute Gasteiger partial charge is 0.490 e. The summed E-state index contributed by atoms with van der Waals surface area (Å²) >= 11 is 0. The molecule has 6 nitrogen and oxygen atoms in total. The first kappa shape index (κ1) is 21.0. The van der Waals surface area contributed by atoms with Crippen LogP contribution in [0.4, 0.5) is 4.39 Å². The van der Waals surface area contributed by atoms with E-state index in [4.69, 9.17) is 4.74 Å². The van der Waals surface area contributed by atoms with E-state index in [0.717, 1.165) is 25.7 Å². The molecule has 2 fully saturated rings. The van der Waals surface area contributed by atoms with Crippen molar-refractivity contribution in [1.82, 2.24) is 9.80 Å². The average Bonchev–Trinajstić information content (AvgIpc) is 2.97. The van der Waals surface area contributed by atoms with Gasteiger partial charge in [0.1, 0.15) is 23.8 Å². The summed E-state index contributed by atoms with van der Waals surface area (Å²) in [6.07, 6.45) is 3.57. The molecule has 1 aromatic rings. The number of aliphatic hydroxyl groups is 2. The number of aryl methyl sites for hydroxylation is 1. The fourth-order valence-corrected chi connectivity index (χ4v) is 4.27. The van der Waals surface area contributed by atoms with Crippen LogP contribution in [0, 0.1) is 12.7 Å². The van der Waals surface area contributed by atoms with Crippen LogP contribution in [0.2, 0.25) is 0 Å². The lowest BCUT2D eigenvalue weighted by Crippen LogP contribution is -2.53. The highest BCUT2D eigenvalue weighted by Crippen LogP contribution is 2.31. The summed E-state index contributed by atoms with van der Waals surface area (Å²) in [7, 11) is 0. The van der Waals surface area contributed by atoms with Crippen molar-refractivity contribution in [3.05, 3.63) is 29.6 Å². The van der Waals surface area contributed by atoms with E-state index >= 15 is 0 Å². The van der Waals surface area contributed by atoms with Gasteiger partial charge >= 0.3 is 0 Å². The summed E-state index contributed by atoms with van der Waals surface area (Å²) in [6, 6.07) is 4.47. The van der Waals surface area contributed by atoms with Crippen molar-refractivity contribution in [2.75, 3.05) is 39.3 Å². The van der Waals surface area contributed by atoms with Gasteiger partial charge in [-0.15, -0.1) is 0 Å². The molecular weight excluding hydrogens is 363 g/mol. The molecule has 1 aliphatic heterocycles. The molecule has 1 amide bonds. The minimum Gasteiger partial charge on any atom is -0.490 e. The molecule has 1 saturated heterocycles. The maximum absolute atomic E-state index is 13.5. The Morgan fingerprint density at radius 2 is 1.89 bits per heavy atom. The Hall–Kier alpha value is -1.70. The average molecular weight is 394 g/mol. The van der Waals surface area contributed by atoms with Crippen LogP contribution in [0.5, 0.6) is 5.75 Å². The number of hydrogen-bond acceptors (Lipinski definition) is 5. The van der Waals surface area contributed by atoms with Crippen LogP contribution >= 0.6 is 0 Å². The van der Waals surface area contributed by atoms with Crippen LogP contribution in [-0.4, -0.2) is 76.5 Å². The Morgan fingerprint density at radius 1 is 1.18 bits per heavy atom. The van der Waals surface area contributed by atoms with E-state index < -0.39 is 11.2 Å². The topological polar surface area (TPSA) is 73.2 Å². The number of amides is 1. The van der Waals surface area contributed by atoms with Crippen molar-refractivity contribution in [2.24, 2.45) is 0 Å². The van der Waals surface area contributed by atoms with Crippen LogP contribution < -0.4 is 4.74 Å². The summed E-state index contributed by atoms with van der Waals surface area (Å²) < 4.78 is 19.2. The Morgan fingerprint density at radius 3 is 2.54 bits per heavy atom. The lowest BCUT2D eigenvalue weighted by molar-refractivity contribution is -0.132. The summed E-state index contributed by atoms with van der Waals surface area (Å²) in [4.78, 5) is 15.6. The third-order valence-corrected chi connectivity index (χ3v) is 5.82. The number of rotatable bonds is 5. The summed E-state index contributed by atoms with van der Waals surface area (Å²) in [5.41, 5.74) is -1.53. The van der Waals surface area contributed by atoms with E-state index in [1.807, 2.05) is 4.90 Å². The summed E-state index contributed by atoms with van der Waals surface area (Å²) in [5.74, 6) is 0.0728. The molecule has 1 aliphatic carbocycles. The standard InChI is InChI=1S/C21H31FN2O4/c1-16-11-18(5-6-19(16)22)28-15-21(27)13-23(9-10-24(14-21)17(2)25)12-20(26)7-3-4-8-20/h5-6,11,26-27H,3-4,7-10,12-15H2,1-2H3/t21-/m1/s1. The highest BCUT2D eigenvalue weighted by Gasteiger charge is 2.40. The van der Waals surface area contributed by atoms with Crippen molar-refractivity contribution in [2.45, 2.75) is 50.7 Å². The second-order valence-corrected chi connectivity index (χ2v) is 8.51. The van der Waals surface area contributed by atoms with E-state index in [1.165, 1.54) is 19.1 Å². The Bertz CT molecular complexity index is 708. The first-order chi connectivity index (χ1) is 13.2. The van der Waals surface area contributed by atoms with Gasteiger partial charge in [0.25, 0.3) is 0 Å². The molecular formula is C21H31FN2O4. The van der Waals surface area contributed by atoms with Crippen LogP contribution in [0.3, 0.4) is 0 Å². The molecule has 1 saturated carbocycles. The van der Waals surface area contributed by atoms with Gasteiger partial charge in [0.05, 0.1) is 12.1 Å². The maximum Gasteiger partial charge on any atom is 0.219 e. The number of halogens is 1. The third-order valence-electron chi connectivity index (χ3n) is 5.82. The van der Waals surface area contributed by atoms with Crippen molar-refractivity contribution in [3.63, 3.8) is 0 Å². The molecule has 1 atom stereocenters. The van der Waals surface area contributed by atoms with Gasteiger partial charge in [-0.05, 0) is 43.5 Å². The van der Waals surface area contributed by atoms with Crippen molar-refractivity contribution < 1.29 is 24.1 Å². The van der Waals surface area contributed by atoms with Crippen LogP contribution in [-0.2, 0) is 4.79 Å². The molecule has 0 spiro atoms. The Labute approximate surface area is 165 Å². The zero-order chi connectivity index (χ0) is 20.4. The van der Waals surface area contributed by atoms with Crippen molar-refractivity contribution in [1.29, 1.82) is 0 Å². The molecule has 0 bridgehead atoms. The number of carbonyl (C=O) groups is 1. The number of hydrogen-bond donors (Lipinski definition) is 2. The molecule has 28 heavy (non-hydrogen) atoms. The van der Waals surface area contributed by atoms with Gasteiger partial charge in [-0.3, -0.25) is 9.69 Å². The van der Waals surface area contributed by atoms with Crippen LogP contribution in [0.25, 0.3) is 0 Å². The molecule has 0 radical (unpaired) electrons. The fourth-order valence-electron chi connectivity index (χ4n) is 4.27. The number of carbonyl (C=O) groups excluding carboxylic acids is 1. The van der Waals surface area contributed by atoms with Crippen LogP contribution in [0.15, 0.2) is 18.2 Å². The Balaban J connectivity index is 1.71. The number of benzene rings is 1. The lowest BCUT2D eigenvalue weighted by Gasteiger charge is -2.35. The van der Waals surface area contributed by atoms with Crippen molar-refractivity contribution in [3.8, 4) is 5.75 Å². The van der Waals surface area contributed by atoms with E-state index in [9.17, 15) is 19.4 Å². The van der Waals surface area contributed by atoms with Gasteiger partial charge in [-0.2, -0.15) is 0 Å². The minimum atomic E-state index is -1.28. The van der Waals surface area contributed by atoms with E-state index in [-0.39, 0.29) is 24.9 Å². The zero-order valence-electron chi connectivity index (χ0n) is 16.8. The molecule has 1 aromatic carbocycles. The molecule has 0 unspecified atom stereocenters. The van der Waals surface area contributed by atoms with Crippen molar-refractivity contribution >= 4 is 5.91 Å². The highest BCUT2D eigenvalue weighted by atomic mass is 19.1. The van der Waals surface area contributed by atoms with Gasteiger partial charge in [-0.25, -0.2) is 4.39 Å². The van der Waals surface area contributed by atoms with E-state index in [1.54, 1.807) is 17.9 Å². The third kappa shape index (κ3) is 5.21. The highest BCUT2D eigenvalue weighted by molar-refractivity contribution is 5.73. The summed E-state index contributed by atoms with van der Waals surface area (Å²) in [6.45, 7) is 5.18. The molecule has 1 heterocycles. The monoisotopic (exact) mass is 394 g/mol. The predicted molar refractivity (Wildman–Crippen MR) is 104 cm³/mol.